The third-order valence-corrected chi connectivity index (χ3v) is 2.47. The molecule has 0 saturated heterocycles. The van der Waals surface area contributed by atoms with E-state index in [9.17, 15) is 0 Å². The van der Waals surface area contributed by atoms with E-state index in [1.54, 1.807) is 0 Å². The molecule has 1 aromatic carbocycles. The first-order chi connectivity index (χ1) is 10.3. The van der Waals surface area contributed by atoms with Crippen LogP contribution in [-0.4, -0.2) is 19.8 Å². The van der Waals surface area contributed by atoms with Gasteiger partial charge in [0.1, 0.15) is 19.8 Å². The molecule has 0 fully saturated rings. The van der Waals surface area contributed by atoms with Gasteiger partial charge < -0.3 is 14.2 Å². The van der Waals surface area contributed by atoms with Crippen LogP contribution in [0, 0.1) is 37.0 Å². The van der Waals surface area contributed by atoms with E-state index in [0.717, 1.165) is 16.7 Å². The first kappa shape index (κ1) is 16.8. The van der Waals surface area contributed by atoms with Crippen LogP contribution in [0.2, 0.25) is 0 Å². The molecule has 3 heteroatoms. The maximum absolute atomic E-state index is 5.35. The lowest BCUT2D eigenvalue weighted by Gasteiger charge is -2.10. The Morgan fingerprint density at radius 2 is 0.905 bits per heavy atom. The Morgan fingerprint density at radius 3 is 1.14 bits per heavy atom. The number of hydrogen-bond donors (Lipinski definition) is 0. The van der Waals surface area contributed by atoms with Gasteiger partial charge in [-0.25, -0.2) is 0 Å². The summed E-state index contributed by atoms with van der Waals surface area (Å²) in [5.74, 6) is 7.31. The molecule has 0 radical (unpaired) electrons. The smallest absolute Gasteiger partial charge is 0.107 e. The molecule has 0 saturated carbocycles. The molecule has 1 aromatic rings. The molecule has 1 rings (SSSR count). The van der Waals surface area contributed by atoms with Crippen LogP contribution in [0.25, 0.3) is 0 Å². The van der Waals surface area contributed by atoms with E-state index < -0.39 is 0 Å². The maximum atomic E-state index is 5.35. The zero-order valence-electron chi connectivity index (χ0n) is 11.9. The minimum atomic E-state index is 0.279. The van der Waals surface area contributed by atoms with E-state index in [2.05, 4.69) is 17.8 Å². The van der Waals surface area contributed by atoms with Crippen LogP contribution in [0.3, 0.4) is 0 Å². The molecule has 0 atom stereocenters. The van der Waals surface area contributed by atoms with Crippen molar-refractivity contribution in [3.8, 4) is 37.0 Å². The highest BCUT2D eigenvalue weighted by atomic mass is 16.5. The van der Waals surface area contributed by atoms with E-state index in [1.165, 1.54) is 0 Å². The van der Waals surface area contributed by atoms with Crippen LogP contribution in [0.4, 0.5) is 0 Å². The Morgan fingerprint density at radius 1 is 0.619 bits per heavy atom. The van der Waals surface area contributed by atoms with Crippen molar-refractivity contribution in [1.82, 2.24) is 0 Å². The second-order valence-corrected chi connectivity index (χ2v) is 4.25. The zero-order valence-corrected chi connectivity index (χ0v) is 11.9. The average molecular weight is 282 g/mol. The summed E-state index contributed by atoms with van der Waals surface area (Å²) in [5.41, 5.74) is 3.02. The summed E-state index contributed by atoms with van der Waals surface area (Å²) < 4.78 is 16.0. The molecule has 3 nitrogen and oxygen atoms in total. The third kappa shape index (κ3) is 7.21. The summed E-state index contributed by atoms with van der Waals surface area (Å²) in [6.45, 7) is 2.15. The number of hydrogen-bond acceptors (Lipinski definition) is 3. The molecule has 0 bridgehead atoms. The van der Waals surface area contributed by atoms with Crippen LogP contribution in [0.5, 0.6) is 0 Å². The lowest BCUT2D eigenvalue weighted by atomic mass is 10.1. The predicted molar refractivity (Wildman–Crippen MR) is 81.9 cm³/mol. The summed E-state index contributed by atoms with van der Waals surface area (Å²) in [4.78, 5) is 0. The SMILES string of the molecule is C#CCOCc1cc(COCC#C)cc(COCC#C)c1. The topological polar surface area (TPSA) is 27.7 Å². The van der Waals surface area contributed by atoms with Gasteiger partial charge in [-0.1, -0.05) is 36.0 Å². The van der Waals surface area contributed by atoms with Crippen LogP contribution in [0.15, 0.2) is 18.2 Å². The fourth-order valence-corrected chi connectivity index (χ4v) is 1.77. The van der Waals surface area contributed by atoms with E-state index in [0.29, 0.717) is 19.8 Å². The quantitative estimate of drug-likeness (QED) is 0.513. The third-order valence-electron chi connectivity index (χ3n) is 2.47. The van der Waals surface area contributed by atoms with Crippen LogP contribution < -0.4 is 0 Å². The maximum Gasteiger partial charge on any atom is 0.107 e. The first-order valence-electron chi connectivity index (χ1n) is 6.45. The molecular formula is C18H18O3. The number of benzene rings is 1. The van der Waals surface area contributed by atoms with Gasteiger partial charge in [0.2, 0.25) is 0 Å². The van der Waals surface area contributed by atoms with Crippen molar-refractivity contribution in [2.24, 2.45) is 0 Å². The van der Waals surface area contributed by atoms with Gasteiger partial charge in [0.05, 0.1) is 19.8 Å². The fourth-order valence-electron chi connectivity index (χ4n) is 1.77. The molecule has 0 amide bonds. The van der Waals surface area contributed by atoms with E-state index in [-0.39, 0.29) is 19.8 Å². The summed E-state index contributed by atoms with van der Waals surface area (Å²) in [6, 6.07) is 5.99. The Bertz CT molecular complexity index is 462. The van der Waals surface area contributed by atoms with Gasteiger partial charge in [-0.2, -0.15) is 0 Å². The normalized spacial score (nSPS) is 9.57. The van der Waals surface area contributed by atoms with Crippen molar-refractivity contribution in [2.75, 3.05) is 19.8 Å². The van der Waals surface area contributed by atoms with Crippen LogP contribution in [-0.2, 0) is 34.0 Å². The fraction of sp³-hybridized carbons (Fsp3) is 0.333. The Hall–Kier alpha value is -2.22. The standard InChI is InChI=1S/C18H18O3/c1-4-7-19-13-16-10-17(14-20-8-5-2)12-18(11-16)15-21-9-6-3/h1-3,10-12H,7-9,13-15H2. The Kier molecular flexibility index (Phi) is 8.46. The first-order valence-corrected chi connectivity index (χ1v) is 6.45. The minimum Gasteiger partial charge on any atom is -0.364 e. The van der Waals surface area contributed by atoms with Gasteiger partial charge in [-0.15, -0.1) is 19.3 Å². The highest BCUT2D eigenvalue weighted by molar-refractivity contribution is 5.29. The van der Waals surface area contributed by atoms with Crippen molar-refractivity contribution in [3.05, 3.63) is 34.9 Å². The van der Waals surface area contributed by atoms with Crippen molar-refractivity contribution in [2.45, 2.75) is 19.8 Å². The summed E-state index contributed by atoms with van der Waals surface area (Å²) >= 11 is 0. The second-order valence-electron chi connectivity index (χ2n) is 4.25. The molecule has 21 heavy (non-hydrogen) atoms. The lowest BCUT2D eigenvalue weighted by molar-refractivity contribution is 0.144. The Balaban J connectivity index is 2.73. The van der Waals surface area contributed by atoms with Gasteiger partial charge in [0.25, 0.3) is 0 Å². The van der Waals surface area contributed by atoms with Crippen LogP contribution >= 0.6 is 0 Å². The number of rotatable bonds is 9. The molecule has 0 heterocycles. The zero-order chi connectivity index (χ0) is 15.3. The van der Waals surface area contributed by atoms with Gasteiger partial charge in [-0.05, 0) is 16.7 Å². The van der Waals surface area contributed by atoms with Gasteiger partial charge in [0, 0.05) is 0 Å². The van der Waals surface area contributed by atoms with Gasteiger partial charge >= 0.3 is 0 Å². The highest BCUT2D eigenvalue weighted by Gasteiger charge is 2.03. The molecular weight excluding hydrogens is 264 g/mol. The molecule has 0 unspecified atom stereocenters. The summed E-state index contributed by atoms with van der Waals surface area (Å²) in [5, 5.41) is 0. The molecule has 0 aliphatic heterocycles. The molecule has 0 aromatic heterocycles. The number of terminal acetylenes is 3. The Labute approximate surface area is 126 Å². The van der Waals surface area contributed by atoms with Gasteiger partial charge in [-0.3, -0.25) is 0 Å². The summed E-state index contributed by atoms with van der Waals surface area (Å²) in [6.07, 6.45) is 15.5. The molecule has 0 aliphatic carbocycles. The van der Waals surface area contributed by atoms with Crippen LogP contribution in [0.1, 0.15) is 16.7 Å². The van der Waals surface area contributed by atoms with Gasteiger partial charge in [0.15, 0.2) is 0 Å². The van der Waals surface area contributed by atoms with E-state index >= 15 is 0 Å². The van der Waals surface area contributed by atoms with Crippen molar-refractivity contribution >= 4 is 0 Å². The van der Waals surface area contributed by atoms with E-state index in [4.69, 9.17) is 33.5 Å². The van der Waals surface area contributed by atoms with Crippen molar-refractivity contribution < 1.29 is 14.2 Å². The largest absolute Gasteiger partial charge is 0.364 e. The molecule has 108 valence electrons. The highest BCUT2D eigenvalue weighted by Crippen LogP contribution is 2.14. The average Bonchev–Trinajstić information content (AvgIpc) is 2.48. The second kappa shape index (κ2) is 10.6. The minimum absolute atomic E-state index is 0.279. The monoisotopic (exact) mass is 282 g/mol. The molecule has 0 aliphatic rings. The molecule has 0 spiro atoms. The molecule has 0 N–H and O–H groups in total. The van der Waals surface area contributed by atoms with Crippen molar-refractivity contribution in [3.63, 3.8) is 0 Å². The van der Waals surface area contributed by atoms with Crippen molar-refractivity contribution in [1.29, 1.82) is 0 Å². The van der Waals surface area contributed by atoms with E-state index in [1.807, 2.05) is 18.2 Å². The number of ether oxygens (including phenoxy) is 3. The summed E-state index contributed by atoms with van der Waals surface area (Å²) in [7, 11) is 0. The lowest BCUT2D eigenvalue weighted by Crippen LogP contribution is -2.01. The predicted octanol–water partition coefficient (Wildman–Crippen LogP) is 2.14.